The van der Waals surface area contributed by atoms with Gasteiger partial charge in [0.25, 0.3) is 0 Å². The summed E-state index contributed by atoms with van der Waals surface area (Å²) in [4.78, 5) is 4.02. The van der Waals surface area contributed by atoms with Crippen LogP contribution in [0.1, 0.15) is 0 Å². The van der Waals surface area contributed by atoms with Gasteiger partial charge in [-0.25, -0.2) is 4.39 Å². The van der Waals surface area contributed by atoms with Gasteiger partial charge in [-0.3, -0.25) is 0 Å². The number of oxazole rings is 1. The first-order chi connectivity index (χ1) is 9.13. The second kappa shape index (κ2) is 4.62. The number of aromatic nitrogens is 1. The molecule has 1 aromatic heterocycles. The summed E-state index contributed by atoms with van der Waals surface area (Å²) >= 11 is 3.06. The fourth-order valence-electron chi connectivity index (χ4n) is 1.60. The molecule has 0 radical (unpaired) electrons. The molecule has 0 aliphatic carbocycles. The van der Waals surface area contributed by atoms with Gasteiger partial charge in [0.2, 0.25) is 5.82 Å². The smallest absolute Gasteiger partial charge is 0.400 e. The molecule has 6 heteroatoms. The van der Waals surface area contributed by atoms with Crippen molar-refractivity contribution < 1.29 is 17.9 Å². The highest BCUT2D eigenvalue weighted by Crippen LogP contribution is 2.30. The molecule has 0 amide bonds. The minimum absolute atomic E-state index is 0.141. The Bertz CT molecular complexity index is 724. The lowest BCUT2D eigenvalue weighted by atomic mass is 10.3. The molecule has 0 aliphatic heterocycles. The second-order valence-electron chi connectivity index (χ2n) is 3.75. The van der Waals surface area contributed by atoms with Crippen molar-refractivity contribution in [1.82, 2.24) is 4.98 Å². The minimum atomic E-state index is -1.09. The summed E-state index contributed by atoms with van der Waals surface area (Å²) in [5.41, 5.74) is 1.08. The van der Waals surface area contributed by atoms with Crippen molar-refractivity contribution in [2.24, 2.45) is 0 Å². The summed E-state index contributed by atoms with van der Waals surface area (Å²) in [6, 6.07) is 9.29. The maximum Gasteiger partial charge on any atom is 0.400 e. The number of nitrogens with zero attached hydrogens (tertiary/aromatic N) is 1. The fourth-order valence-corrected chi connectivity index (χ4v) is 2.00. The van der Waals surface area contributed by atoms with E-state index in [1.54, 1.807) is 24.3 Å². The lowest BCUT2D eigenvalue weighted by molar-refractivity contribution is 0.322. The summed E-state index contributed by atoms with van der Waals surface area (Å²) in [6.45, 7) is 0. The van der Waals surface area contributed by atoms with Crippen LogP contribution >= 0.6 is 15.9 Å². The van der Waals surface area contributed by atoms with Crippen LogP contribution in [-0.4, -0.2) is 4.98 Å². The number of hydrogen-bond donors (Lipinski definition) is 0. The molecule has 3 aromatic rings. The van der Waals surface area contributed by atoms with Gasteiger partial charge in [0, 0.05) is 4.47 Å². The third-order valence-corrected chi connectivity index (χ3v) is 2.89. The molecule has 0 atom stereocenters. The van der Waals surface area contributed by atoms with E-state index in [1.807, 2.05) is 0 Å². The van der Waals surface area contributed by atoms with E-state index in [0.717, 1.165) is 6.07 Å². The van der Waals surface area contributed by atoms with Crippen LogP contribution in [0, 0.1) is 11.6 Å². The summed E-state index contributed by atoms with van der Waals surface area (Å²) in [5, 5.41) is 0. The molecular weight excluding hydrogens is 320 g/mol. The van der Waals surface area contributed by atoms with Crippen molar-refractivity contribution in [2.75, 3.05) is 0 Å². The standard InChI is InChI=1S/C13H6BrF2NO2/c14-7-5-8(15)12(16)11(6-7)19-13-17-9-3-1-2-4-10(9)18-13/h1-6H. The maximum atomic E-state index is 13.5. The highest BCUT2D eigenvalue weighted by atomic mass is 79.9. The van der Waals surface area contributed by atoms with Gasteiger partial charge in [-0.1, -0.05) is 28.1 Å². The molecule has 0 spiro atoms. The molecule has 0 N–H and O–H groups in total. The van der Waals surface area contributed by atoms with E-state index in [9.17, 15) is 8.78 Å². The minimum Gasteiger partial charge on any atom is -0.409 e. The average molecular weight is 326 g/mol. The lowest BCUT2D eigenvalue weighted by Gasteiger charge is -2.03. The van der Waals surface area contributed by atoms with E-state index in [1.165, 1.54) is 6.07 Å². The third kappa shape index (κ3) is 2.31. The molecule has 19 heavy (non-hydrogen) atoms. The van der Waals surface area contributed by atoms with Crippen LogP contribution in [0.5, 0.6) is 11.8 Å². The lowest BCUT2D eigenvalue weighted by Crippen LogP contribution is -1.92. The molecule has 0 aliphatic rings. The van der Waals surface area contributed by atoms with Crippen molar-refractivity contribution in [1.29, 1.82) is 0 Å². The first kappa shape index (κ1) is 12.1. The first-order valence-electron chi connectivity index (χ1n) is 5.31. The highest BCUT2D eigenvalue weighted by molar-refractivity contribution is 9.10. The number of fused-ring (bicyclic) bond motifs is 1. The third-order valence-electron chi connectivity index (χ3n) is 2.43. The normalized spacial score (nSPS) is 10.9. The SMILES string of the molecule is Fc1cc(Br)cc(Oc2nc3ccccc3o2)c1F. The molecule has 0 saturated heterocycles. The van der Waals surface area contributed by atoms with E-state index in [2.05, 4.69) is 20.9 Å². The Morgan fingerprint density at radius 2 is 1.95 bits per heavy atom. The van der Waals surface area contributed by atoms with Crippen LogP contribution in [0.15, 0.2) is 45.3 Å². The summed E-state index contributed by atoms with van der Waals surface area (Å²) < 4.78 is 37.5. The predicted molar refractivity (Wildman–Crippen MR) is 68.1 cm³/mol. The molecule has 0 fully saturated rings. The van der Waals surface area contributed by atoms with Crippen molar-refractivity contribution >= 4 is 27.0 Å². The summed E-state index contributed by atoms with van der Waals surface area (Å²) in [7, 11) is 0. The number of hydrogen-bond acceptors (Lipinski definition) is 3. The number of para-hydroxylation sites is 2. The zero-order valence-electron chi connectivity index (χ0n) is 9.36. The largest absolute Gasteiger partial charge is 0.409 e. The fraction of sp³-hybridized carbons (Fsp3) is 0. The molecule has 0 unspecified atom stereocenters. The Morgan fingerprint density at radius 1 is 1.16 bits per heavy atom. The molecule has 0 saturated carbocycles. The van der Waals surface area contributed by atoms with E-state index < -0.39 is 11.6 Å². The average Bonchev–Trinajstić information content (AvgIpc) is 2.77. The van der Waals surface area contributed by atoms with Crippen molar-refractivity contribution in [3.63, 3.8) is 0 Å². The zero-order chi connectivity index (χ0) is 13.4. The van der Waals surface area contributed by atoms with Gasteiger partial charge < -0.3 is 9.15 Å². The Morgan fingerprint density at radius 3 is 2.74 bits per heavy atom. The zero-order valence-corrected chi connectivity index (χ0v) is 10.9. The number of ether oxygens (including phenoxy) is 1. The highest BCUT2D eigenvalue weighted by Gasteiger charge is 2.15. The first-order valence-corrected chi connectivity index (χ1v) is 6.11. The van der Waals surface area contributed by atoms with Crippen LogP contribution in [-0.2, 0) is 0 Å². The Labute approximate surface area is 114 Å². The van der Waals surface area contributed by atoms with Gasteiger partial charge in [0.1, 0.15) is 5.52 Å². The van der Waals surface area contributed by atoms with Crippen LogP contribution in [0.4, 0.5) is 8.78 Å². The monoisotopic (exact) mass is 325 g/mol. The van der Waals surface area contributed by atoms with E-state index >= 15 is 0 Å². The van der Waals surface area contributed by atoms with Crippen molar-refractivity contribution in [3.05, 3.63) is 52.5 Å². The van der Waals surface area contributed by atoms with E-state index in [4.69, 9.17) is 9.15 Å². The van der Waals surface area contributed by atoms with Gasteiger partial charge in [-0.2, -0.15) is 9.37 Å². The van der Waals surface area contributed by atoms with Crippen LogP contribution in [0.2, 0.25) is 0 Å². The molecule has 3 nitrogen and oxygen atoms in total. The molecule has 0 bridgehead atoms. The molecule has 3 rings (SSSR count). The Hall–Kier alpha value is -1.95. The molecule has 96 valence electrons. The Balaban J connectivity index is 2.01. The topological polar surface area (TPSA) is 35.3 Å². The molecule has 1 heterocycles. The van der Waals surface area contributed by atoms with Crippen LogP contribution in [0.25, 0.3) is 11.1 Å². The predicted octanol–water partition coefficient (Wildman–Crippen LogP) is 4.66. The number of rotatable bonds is 2. The van der Waals surface area contributed by atoms with Crippen molar-refractivity contribution in [3.8, 4) is 11.8 Å². The van der Waals surface area contributed by atoms with E-state index in [-0.39, 0.29) is 11.8 Å². The molecular formula is C13H6BrF2NO2. The summed E-state index contributed by atoms with van der Waals surface area (Å²) in [5.74, 6) is -2.40. The Kier molecular flexibility index (Phi) is 2.94. The van der Waals surface area contributed by atoms with Crippen LogP contribution in [0.3, 0.4) is 0 Å². The van der Waals surface area contributed by atoms with Gasteiger partial charge in [-0.05, 0) is 24.3 Å². The van der Waals surface area contributed by atoms with E-state index in [0.29, 0.717) is 15.6 Å². The number of benzene rings is 2. The second-order valence-corrected chi connectivity index (χ2v) is 4.66. The van der Waals surface area contributed by atoms with Gasteiger partial charge in [0.15, 0.2) is 17.1 Å². The van der Waals surface area contributed by atoms with Gasteiger partial charge >= 0.3 is 6.08 Å². The van der Waals surface area contributed by atoms with Crippen LogP contribution < -0.4 is 4.74 Å². The summed E-state index contributed by atoms with van der Waals surface area (Å²) in [6.07, 6.45) is -0.141. The van der Waals surface area contributed by atoms with Gasteiger partial charge in [0.05, 0.1) is 0 Å². The van der Waals surface area contributed by atoms with Crippen molar-refractivity contribution in [2.45, 2.75) is 0 Å². The number of halogens is 3. The van der Waals surface area contributed by atoms with Gasteiger partial charge in [-0.15, -0.1) is 0 Å². The quantitative estimate of drug-likeness (QED) is 0.643. The maximum absolute atomic E-state index is 13.5. The molecule has 2 aromatic carbocycles.